The highest BCUT2D eigenvalue weighted by molar-refractivity contribution is 5.27. The van der Waals surface area contributed by atoms with Gasteiger partial charge in [-0.1, -0.05) is 38.1 Å². The van der Waals surface area contributed by atoms with Gasteiger partial charge in [0.1, 0.15) is 0 Å². The lowest BCUT2D eigenvalue weighted by molar-refractivity contribution is 0.461. The van der Waals surface area contributed by atoms with E-state index in [2.05, 4.69) is 48.7 Å². The van der Waals surface area contributed by atoms with E-state index < -0.39 is 0 Å². The fourth-order valence-corrected chi connectivity index (χ4v) is 2.42. The summed E-state index contributed by atoms with van der Waals surface area (Å²) in [6.45, 7) is 7.68. The molecule has 1 aliphatic rings. The largest absolute Gasteiger partial charge is 0.316 e. The average molecular weight is 232 g/mol. The van der Waals surface area contributed by atoms with Gasteiger partial charge < -0.3 is 10.6 Å². The van der Waals surface area contributed by atoms with Crippen molar-refractivity contribution < 1.29 is 0 Å². The summed E-state index contributed by atoms with van der Waals surface area (Å²) in [6, 6.07) is 9.61. The molecule has 0 radical (unpaired) electrons. The molecule has 17 heavy (non-hydrogen) atoms. The van der Waals surface area contributed by atoms with Crippen molar-refractivity contribution >= 4 is 0 Å². The van der Waals surface area contributed by atoms with E-state index in [0.29, 0.717) is 12.0 Å². The topological polar surface area (TPSA) is 24.1 Å². The molecule has 1 aliphatic heterocycles. The van der Waals surface area contributed by atoms with E-state index >= 15 is 0 Å². The monoisotopic (exact) mass is 232 g/mol. The third-order valence-electron chi connectivity index (χ3n) is 3.43. The molecule has 0 spiro atoms. The molecule has 1 aromatic rings. The molecule has 0 aliphatic carbocycles. The Morgan fingerprint density at radius 1 is 1.41 bits per heavy atom. The van der Waals surface area contributed by atoms with E-state index in [1.54, 1.807) is 0 Å². The summed E-state index contributed by atoms with van der Waals surface area (Å²) in [5, 5.41) is 6.96. The Hall–Kier alpha value is -0.860. The maximum absolute atomic E-state index is 3.49. The van der Waals surface area contributed by atoms with Crippen LogP contribution in [0.25, 0.3) is 0 Å². The van der Waals surface area contributed by atoms with Crippen molar-refractivity contribution in [3.05, 3.63) is 35.4 Å². The summed E-state index contributed by atoms with van der Waals surface area (Å²) in [6.07, 6.45) is 2.63. The highest BCUT2D eigenvalue weighted by Crippen LogP contribution is 2.23. The van der Waals surface area contributed by atoms with E-state index in [1.165, 1.54) is 30.5 Å². The lowest BCUT2D eigenvalue weighted by Crippen LogP contribution is -2.28. The van der Waals surface area contributed by atoms with E-state index in [9.17, 15) is 0 Å². The van der Waals surface area contributed by atoms with Gasteiger partial charge in [0.25, 0.3) is 0 Å². The lowest BCUT2D eigenvalue weighted by Gasteiger charge is -2.23. The summed E-state index contributed by atoms with van der Waals surface area (Å²) in [5.41, 5.74) is 2.90. The van der Waals surface area contributed by atoms with Gasteiger partial charge in [-0.15, -0.1) is 0 Å². The minimum absolute atomic E-state index is 0.551. The van der Waals surface area contributed by atoms with Gasteiger partial charge in [0, 0.05) is 19.1 Å². The fraction of sp³-hybridized carbons (Fsp3) is 0.600. The van der Waals surface area contributed by atoms with Crippen molar-refractivity contribution in [3.8, 4) is 0 Å². The second-order valence-corrected chi connectivity index (χ2v) is 5.32. The Labute approximate surface area is 105 Å². The van der Waals surface area contributed by atoms with Gasteiger partial charge in [0.15, 0.2) is 0 Å². The van der Waals surface area contributed by atoms with E-state index in [1.807, 2.05) is 0 Å². The summed E-state index contributed by atoms with van der Waals surface area (Å²) in [5.74, 6) is 0.711. The minimum Gasteiger partial charge on any atom is -0.316 e. The van der Waals surface area contributed by atoms with Crippen LogP contribution in [-0.2, 0) is 6.54 Å². The summed E-state index contributed by atoms with van der Waals surface area (Å²) >= 11 is 0. The number of piperidine rings is 1. The zero-order valence-corrected chi connectivity index (χ0v) is 11.0. The predicted molar refractivity (Wildman–Crippen MR) is 73.3 cm³/mol. The van der Waals surface area contributed by atoms with Crippen LogP contribution in [0.3, 0.4) is 0 Å². The quantitative estimate of drug-likeness (QED) is 0.834. The van der Waals surface area contributed by atoms with Gasteiger partial charge in [-0.3, -0.25) is 0 Å². The SMILES string of the molecule is CC(C)NCc1cccc(C2CCCNC2)c1. The molecule has 2 rings (SSSR count). The molecule has 1 saturated heterocycles. The third-order valence-corrected chi connectivity index (χ3v) is 3.43. The molecular weight excluding hydrogens is 208 g/mol. The fourth-order valence-electron chi connectivity index (χ4n) is 2.42. The maximum Gasteiger partial charge on any atom is 0.0207 e. The van der Waals surface area contributed by atoms with Crippen LogP contribution < -0.4 is 10.6 Å². The van der Waals surface area contributed by atoms with Crippen molar-refractivity contribution in [3.63, 3.8) is 0 Å². The summed E-state index contributed by atoms with van der Waals surface area (Å²) in [4.78, 5) is 0. The normalized spacial score (nSPS) is 20.8. The van der Waals surface area contributed by atoms with Gasteiger partial charge in [-0.05, 0) is 36.4 Å². The molecule has 1 aromatic carbocycles. The predicted octanol–water partition coefficient (Wildman–Crippen LogP) is 2.65. The van der Waals surface area contributed by atoms with Crippen molar-refractivity contribution in [1.82, 2.24) is 10.6 Å². The zero-order valence-electron chi connectivity index (χ0n) is 11.0. The van der Waals surface area contributed by atoms with E-state index in [-0.39, 0.29) is 0 Å². The van der Waals surface area contributed by atoms with Crippen LogP contribution in [0, 0.1) is 0 Å². The standard InChI is InChI=1S/C15H24N2/c1-12(2)17-10-13-5-3-6-14(9-13)15-7-4-8-16-11-15/h3,5-6,9,12,15-17H,4,7-8,10-11H2,1-2H3. The zero-order chi connectivity index (χ0) is 12.1. The Balaban J connectivity index is 2.00. The molecule has 1 fully saturated rings. The number of hydrogen-bond acceptors (Lipinski definition) is 2. The van der Waals surface area contributed by atoms with Crippen LogP contribution in [0.5, 0.6) is 0 Å². The molecule has 0 amide bonds. The smallest absolute Gasteiger partial charge is 0.0207 e. The molecule has 2 heteroatoms. The first-order valence-corrected chi connectivity index (χ1v) is 6.78. The van der Waals surface area contributed by atoms with Crippen LogP contribution in [0.1, 0.15) is 43.7 Å². The first kappa shape index (κ1) is 12.6. The van der Waals surface area contributed by atoms with Crippen molar-refractivity contribution in [2.45, 2.75) is 45.2 Å². The van der Waals surface area contributed by atoms with Crippen LogP contribution in [0.4, 0.5) is 0 Å². The van der Waals surface area contributed by atoms with Crippen LogP contribution in [0.15, 0.2) is 24.3 Å². The molecule has 1 atom stereocenters. The number of hydrogen-bond donors (Lipinski definition) is 2. The molecule has 2 N–H and O–H groups in total. The van der Waals surface area contributed by atoms with Gasteiger partial charge in [-0.2, -0.15) is 0 Å². The molecule has 0 saturated carbocycles. The van der Waals surface area contributed by atoms with Gasteiger partial charge in [0.2, 0.25) is 0 Å². The Kier molecular flexibility index (Phi) is 4.57. The Morgan fingerprint density at radius 3 is 3.00 bits per heavy atom. The second-order valence-electron chi connectivity index (χ2n) is 5.32. The van der Waals surface area contributed by atoms with Crippen molar-refractivity contribution in [1.29, 1.82) is 0 Å². The number of rotatable bonds is 4. The second kappa shape index (κ2) is 6.18. The number of nitrogens with one attached hydrogen (secondary N) is 2. The Morgan fingerprint density at radius 2 is 2.29 bits per heavy atom. The molecule has 1 unspecified atom stereocenters. The van der Waals surface area contributed by atoms with Gasteiger partial charge in [0.05, 0.1) is 0 Å². The molecule has 1 heterocycles. The van der Waals surface area contributed by atoms with Crippen LogP contribution in [-0.4, -0.2) is 19.1 Å². The molecule has 2 nitrogen and oxygen atoms in total. The average Bonchev–Trinajstić information content (AvgIpc) is 2.38. The highest BCUT2D eigenvalue weighted by atomic mass is 14.9. The first-order valence-electron chi connectivity index (χ1n) is 6.78. The summed E-state index contributed by atoms with van der Waals surface area (Å²) < 4.78 is 0. The first-order chi connectivity index (χ1) is 8.25. The minimum atomic E-state index is 0.551. The summed E-state index contributed by atoms with van der Waals surface area (Å²) in [7, 11) is 0. The van der Waals surface area contributed by atoms with Crippen molar-refractivity contribution in [2.75, 3.05) is 13.1 Å². The van der Waals surface area contributed by atoms with Crippen molar-refractivity contribution in [2.24, 2.45) is 0 Å². The van der Waals surface area contributed by atoms with Crippen LogP contribution >= 0.6 is 0 Å². The highest BCUT2D eigenvalue weighted by Gasteiger charge is 2.14. The maximum atomic E-state index is 3.49. The molecule has 94 valence electrons. The van der Waals surface area contributed by atoms with E-state index in [4.69, 9.17) is 0 Å². The van der Waals surface area contributed by atoms with Crippen LogP contribution in [0.2, 0.25) is 0 Å². The Bertz CT molecular complexity index is 341. The molecular formula is C15H24N2. The molecule has 0 bridgehead atoms. The van der Waals surface area contributed by atoms with Gasteiger partial charge >= 0.3 is 0 Å². The van der Waals surface area contributed by atoms with E-state index in [0.717, 1.165) is 13.1 Å². The third kappa shape index (κ3) is 3.83. The lowest BCUT2D eigenvalue weighted by atomic mass is 9.91. The number of benzene rings is 1. The van der Waals surface area contributed by atoms with Gasteiger partial charge in [-0.25, -0.2) is 0 Å². The molecule has 0 aromatic heterocycles.